The van der Waals surface area contributed by atoms with Crippen LogP contribution in [0.5, 0.6) is 0 Å². The van der Waals surface area contributed by atoms with Gasteiger partial charge in [-0.1, -0.05) is 18.2 Å². The van der Waals surface area contributed by atoms with Crippen LogP contribution in [-0.2, 0) is 0 Å². The summed E-state index contributed by atoms with van der Waals surface area (Å²) in [5, 5.41) is 10.6. The molecule has 0 aliphatic carbocycles. The van der Waals surface area contributed by atoms with Crippen molar-refractivity contribution in [1.82, 2.24) is 14.9 Å². The van der Waals surface area contributed by atoms with E-state index in [1.165, 1.54) is 11.0 Å². The summed E-state index contributed by atoms with van der Waals surface area (Å²) in [6.45, 7) is 0. The van der Waals surface area contributed by atoms with Crippen LogP contribution >= 0.6 is 34.8 Å². The van der Waals surface area contributed by atoms with Crippen molar-refractivity contribution in [3.63, 3.8) is 0 Å². The van der Waals surface area contributed by atoms with Crippen molar-refractivity contribution in [2.45, 2.75) is 0 Å². The van der Waals surface area contributed by atoms with Crippen molar-refractivity contribution < 1.29 is 0 Å². The molecular formula is C9H7IN4S. The van der Waals surface area contributed by atoms with E-state index in [2.05, 4.69) is 37.9 Å². The maximum Gasteiger partial charge on any atom is 0.216 e. The van der Waals surface area contributed by atoms with Crippen molar-refractivity contribution in [2.24, 2.45) is 5.10 Å². The maximum absolute atomic E-state index is 4.96. The number of rotatable bonds is 2. The van der Waals surface area contributed by atoms with Gasteiger partial charge in [-0.2, -0.15) is 14.9 Å². The van der Waals surface area contributed by atoms with E-state index in [9.17, 15) is 0 Å². The Bertz CT molecular complexity index is 543. The first kappa shape index (κ1) is 10.5. The van der Waals surface area contributed by atoms with Crippen LogP contribution in [0.3, 0.4) is 0 Å². The summed E-state index contributed by atoms with van der Waals surface area (Å²) >= 11 is 7.22. The van der Waals surface area contributed by atoms with E-state index in [-0.39, 0.29) is 0 Å². The van der Waals surface area contributed by atoms with Crippen LogP contribution < -0.4 is 0 Å². The van der Waals surface area contributed by atoms with Crippen molar-refractivity contribution >= 4 is 41.0 Å². The molecule has 1 heterocycles. The smallest absolute Gasteiger partial charge is 0.216 e. The summed E-state index contributed by atoms with van der Waals surface area (Å²) in [6.07, 6.45) is 3.29. The topological polar surface area (TPSA) is 46.0 Å². The molecule has 2 rings (SSSR count). The largest absolute Gasteiger partial charge is 0.250 e. The standard InChI is InChI=1S/C9H7IN4S/c10-8-4-2-1-3-7(8)5-12-14-6-11-13-9(14)15/h1-6H,(H,13,15)/b12-5+. The van der Waals surface area contributed by atoms with Gasteiger partial charge in [-0.05, 0) is 40.9 Å². The van der Waals surface area contributed by atoms with E-state index in [0.717, 1.165) is 9.13 Å². The average Bonchev–Trinajstić information content (AvgIpc) is 2.63. The first-order valence-electron chi connectivity index (χ1n) is 4.18. The Morgan fingerprint density at radius 3 is 2.93 bits per heavy atom. The Morgan fingerprint density at radius 1 is 1.47 bits per heavy atom. The third-order valence-electron chi connectivity index (χ3n) is 1.76. The minimum Gasteiger partial charge on any atom is -0.250 e. The number of nitrogens with zero attached hydrogens (tertiary/aromatic N) is 3. The number of hydrogen-bond donors (Lipinski definition) is 1. The molecule has 4 nitrogen and oxygen atoms in total. The number of halogens is 1. The molecule has 0 atom stereocenters. The van der Waals surface area contributed by atoms with Crippen LogP contribution in [0.1, 0.15) is 5.56 Å². The van der Waals surface area contributed by atoms with E-state index >= 15 is 0 Å². The first-order chi connectivity index (χ1) is 7.27. The number of H-pyrrole nitrogens is 1. The Labute approximate surface area is 105 Å². The van der Waals surface area contributed by atoms with Crippen molar-refractivity contribution in [3.05, 3.63) is 44.5 Å². The molecule has 0 aliphatic heterocycles. The lowest BCUT2D eigenvalue weighted by Gasteiger charge is -1.95. The van der Waals surface area contributed by atoms with Crippen LogP contribution in [0.4, 0.5) is 0 Å². The Hall–Kier alpha value is -1.02. The molecule has 0 amide bonds. The number of hydrogen-bond acceptors (Lipinski definition) is 3. The van der Waals surface area contributed by atoms with Gasteiger partial charge in [-0.15, -0.1) is 0 Å². The third kappa shape index (κ3) is 2.51. The van der Waals surface area contributed by atoms with Crippen LogP contribution in [0.2, 0.25) is 0 Å². The van der Waals surface area contributed by atoms with Crippen LogP contribution in [0, 0.1) is 8.34 Å². The fourth-order valence-corrected chi connectivity index (χ4v) is 1.70. The van der Waals surface area contributed by atoms with Crippen LogP contribution in [0.25, 0.3) is 0 Å². The second-order valence-electron chi connectivity index (χ2n) is 2.77. The molecule has 76 valence electrons. The summed E-state index contributed by atoms with van der Waals surface area (Å²) in [5.41, 5.74) is 1.06. The lowest BCUT2D eigenvalue weighted by molar-refractivity contribution is 0.862. The van der Waals surface area contributed by atoms with Gasteiger partial charge in [0.05, 0.1) is 6.21 Å². The van der Waals surface area contributed by atoms with E-state index in [1.807, 2.05) is 24.3 Å². The third-order valence-corrected chi connectivity index (χ3v) is 3.02. The zero-order chi connectivity index (χ0) is 10.7. The molecule has 0 radical (unpaired) electrons. The van der Waals surface area contributed by atoms with Crippen molar-refractivity contribution in [2.75, 3.05) is 0 Å². The fraction of sp³-hybridized carbons (Fsp3) is 0. The monoisotopic (exact) mass is 330 g/mol. The molecule has 0 unspecified atom stereocenters. The predicted octanol–water partition coefficient (Wildman–Crippen LogP) is 2.43. The molecule has 0 saturated heterocycles. The number of benzene rings is 1. The highest BCUT2D eigenvalue weighted by Gasteiger charge is 1.94. The quantitative estimate of drug-likeness (QED) is 0.522. The normalized spacial score (nSPS) is 11.0. The molecule has 2 aromatic rings. The van der Waals surface area contributed by atoms with E-state index in [4.69, 9.17) is 12.2 Å². The van der Waals surface area contributed by atoms with E-state index in [0.29, 0.717) is 4.77 Å². The molecule has 1 aromatic heterocycles. The number of nitrogens with one attached hydrogen (secondary N) is 1. The number of aromatic amines is 1. The molecule has 0 saturated carbocycles. The van der Waals surface area contributed by atoms with Crippen LogP contribution in [0.15, 0.2) is 35.7 Å². The van der Waals surface area contributed by atoms with Gasteiger partial charge in [0.25, 0.3) is 0 Å². The Kier molecular flexibility index (Phi) is 3.27. The predicted molar refractivity (Wildman–Crippen MR) is 69.6 cm³/mol. The van der Waals surface area contributed by atoms with E-state index < -0.39 is 0 Å². The van der Waals surface area contributed by atoms with Gasteiger partial charge in [0.15, 0.2) is 0 Å². The molecule has 1 N–H and O–H groups in total. The Morgan fingerprint density at radius 2 is 2.27 bits per heavy atom. The minimum absolute atomic E-state index is 0.484. The molecule has 0 fully saturated rings. The van der Waals surface area contributed by atoms with Gasteiger partial charge in [0.2, 0.25) is 4.77 Å². The van der Waals surface area contributed by atoms with Gasteiger partial charge in [-0.25, -0.2) is 0 Å². The summed E-state index contributed by atoms with van der Waals surface area (Å²) in [6, 6.07) is 7.98. The minimum atomic E-state index is 0.484. The second-order valence-corrected chi connectivity index (χ2v) is 4.32. The summed E-state index contributed by atoms with van der Waals surface area (Å²) in [4.78, 5) is 0. The summed E-state index contributed by atoms with van der Waals surface area (Å²) < 4.78 is 3.14. The van der Waals surface area contributed by atoms with Gasteiger partial charge in [0.1, 0.15) is 6.33 Å². The lowest BCUT2D eigenvalue weighted by atomic mass is 10.2. The summed E-state index contributed by atoms with van der Waals surface area (Å²) in [7, 11) is 0. The van der Waals surface area contributed by atoms with Crippen LogP contribution in [-0.4, -0.2) is 21.1 Å². The Balaban J connectivity index is 2.30. The molecule has 15 heavy (non-hydrogen) atoms. The molecule has 1 aromatic carbocycles. The highest BCUT2D eigenvalue weighted by molar-refractivity contribution is 14.1. The van der Waals surface area contributed by atoms with Gasteiger partial charge in [-0.3, -0.25) is 5.10 Å². The molecule has 0 aliphatic rings. The highest BCUT2D eigenvalue weighted by Crippen LogP contribution is 2.08. The molecule has 0 spiro atoms. The van der Waals surface area contributed by atoms with E-state index in [1.54, 1.807) is 6.21 Å². The molecule has 6 heteroatoms. The zero-order valence-electron chi connectivity index (χ0n) is 7.59. The lowest BCUT2D eigenvalue weighted by Crippen LogP contribution is -1.91. The average molecular weight is 330 g/mol. The van der Waals surface area contributed by atoms with Gasteiger partial charge in [0, 0.05) is 9.13 Å². The van der Waals surface area contributed by atoms with Crippen molar-refractivity contribution in [1.29, 1.82) is 0 Å². The first-order valence-corrected chi connectivity index (χ1v) is 5.67. The van der Waals surface area contributed by atoms with Gasteiger partial charge < -0.3 is 0 Å². The zero-order valence-corrected chi connectivity index (χ0v) is 10.6. The fourth-order valence-electron chi connectivity index (χ4n) is 1.03. The SMILES string of the molecule is S=c1[nH]ncn1/N=C/c1ccccc1I. The highest BCUT2D eigenvalue weighted by atomic mass is 127. The van der Waals surface area contributed by atoms with Gasteiger partial charge >= 0.3 is 0 Å². The maximum atomic E-state index is 4.96. The molecule has 0 bridgehead atoms. The second kappa shape index (κ2) is 4.67. The van der Waals surface area contributed by atoms with Crippen molar-refractivity contribution in [3.8, 4) is 0 Å². The number of aromatic nitrogens is 3. The summed E-state index contributed by atoms with van der Waals surface area (Å²) in [5.74, 6) is 0. The molecular weight excluding hydrogens is 323 g/mol.